The number of rotatable bonds is 2. The third-order valence-corrected chi connectivity index (χ3v) is 3.63. The SMILES string of the molecule is C[C@@H]1CN(CC2Cc3ccccc3O2)CCN1. The summed E-state index contributed by atoms with van der Waals surface area (Å²) in [5.74, 6) is 1.08. The molecule has 1 aromatic carbocycles. The van der Waals surface area contributed by atoms with Crippen molar-refractivity contribution in [2.75, 3.05) is 26.2 Å². The number of benzene rings is 1. The summed E-state index contributed by atoms with van der Waals surface area (Å²) in [7, 11) is 0. The van der Waals surface area contributed by atoms with E-state index in [-0.39, 0.29) is 0 Å². The monoisotopic (exact) mass is 232 g/mol. The minimum absolute atomic E-state index is 0.345. The Morgan fingerprint density at radius 1 is 1.41 bits per heavy atom. The molecule has 2 atom stereocenters. The van der Waals surface area contributed by atoms with Crippen molar-refractivity contribution in [3.8, 4) is 5.75 Å². The first-order valence-electron chi connectivity index (χ1n) is 6.51. The summed E-state index contributed by atoms with van der Waals surface area (Å²) in [6.07, 6.45) is 1.41. The smallest absolute Gasteiger partial charge is 0.123 e. The Morgan fingerprint density at radius 2 is 2.29 bits per heavy atom. The Hall–Kier alpha value is -1.06. The Labute approximate surface area is 103 Å². The zero-order chi connectivity index (χ0) is 11.7. The van der Waals surface area contributed by atoms with Crippen LogP contribution in [0.1, 0.15) is 12.5 Å². The highest BCUT2D eigenvalue weighted by atomic mass is 16.5. The largest absolute Gasteiger partial charge is 0.488 e. The Morgan fingerprint density at radius 3 is 3.12 bits per heavy atom. The lowest BCUT2D eigenvalue weighted by Crippen LogP contribution is -2.51. The standard InChI is InChI=1S/C14H20N2O/c1-11-9-16(7-6-15-11)10-13-8-12-4-2-3-5-14(12)17-13/h2-5,11,13,15H,6-10H2,1H3/t11-,13?/m1/s1. The van der Waals surface area contributed by atoms with Gasteiger partial charge in [0, 0.05) is 38.6 Å². The van der Waals surface area contributed by atoms with E-state index < -0.39 is 0 Å². The fourth-order valence-electron chi connectivity index (χ4n) is 2.82. The second kappa shape index (κ2) is 4.67. The molecule has 3 heteroatoms. The third-order valence-electron chi connectivity index (χ3n) is 3.63. The van der Waals surface area contributed by atoms with Crippen LogP contribution in [0.25, 0.3) is 0 Å². The lowest BCUT2D eigenvalue weighted by molar-refractivity contribution is 0.126. The van der Waals surface area contributed by atoms with Crippen molar-refractivity contribution in [2.24, 2.45) is 0 Å². The van der Waals surface area contributed by atoms with Gasteiger partial charge in [0.2, 0.25) is 0 Å². The van der Waals surface area contributed by atoms with Crippen LogP contribution in [0.15, 0.2) is 24.3 Å². The van der Waals surface area contributed by atoms with Gasteiger partial charge < -0.3 is 10.1 Å². The third kappa shape index (κ3) is 2.45. The predicted molar refractivity (Wildman–Crippen MR) is 68.5 cm³/mol. The molecule has 0 aromatic heterocycles. The molecule has 0 radical (unpaired) electrons. The van der Waals surface area contributed by atoms with E-state index in [9.17, 15) is 0 Å². The van der Waals surface area contributed by atoms with Gasteiger partial charge >= 0.3 is 0 Å². The Kier molecular flexibility index (Phi) is 3.04. The summed E-state index contributed by atoms with van der Waals surface area (Å²) < 4.78 is 5.98. The van der Waals surface area contributed by atoms with E-state index in [1.807, 2.05) is 6.07 Å². The van der Waals surface area contributed by atoms with E-state index in [2.05, 4.69) is 35.3 Å². The summed E-state index contributed by atoms with van der Waals surface area (Å²) in [5, 5.41) is 3.47. The number of piperazine rings is 1. The summed E-state index contributed by atoms with van der Waals surface area (Å²) in [5.41, 5.74) is 1.36. The molecular formula is C14H20N2O. The van der Waals surface area contributed by atoms with E-state index >= 15 is 0 Å². The van der Waals surface area contributed by atoms with Gasteiger partial charge in [0.05, 0.1) is 0 Å². The number of hydrogen-bond donors (Lipinski definition) is 1. The average Bonchev–Trinajstić information content (AvgIpc) is 2.71. The molecule has 3 rings (SSSR count). The fourth-order valence-corrected chi connectivity index (χ4v) is 2.82. The van der Waals surface area contributed by atoms with Crippen molar-refractivity contribution in [1.82, 2.24) is 10.2 Å². The molecule has 1 aromatic rings. The number of para-hydroxylation sites is 1. The number of hydrogen-bond acceptors (Lipinski definition) is 3. The van der Waals surface area contributed by atoms with Crippen molar-refractivity contribution in [2.45, 2.75) is 25.5 Å². The first kappa shape index (κ1) is 11.1. The van der Waals surface area contributed by atoms with Crippen LogP contribution in [0.2, 0.25) is 0 Å². The quantitative estimate of drug-likeness (QED) is 0.831. The lowest BCUT2D eigenvalue weighted by Gasteiger charge is -2.33. The maximum atomic E-state index is 5.98. The topological polar surface area (TPSA) is 24.5 Å². The van der Waals surface area contributed by atoms with Crippen LogP contribution in [0.3, 0.4) is 0 Å². The van der Waals surface area contributed by atoms with Crippen LogP contribution >= 0.6 is 0 Å². The maximum Gasteiger partial charge on any atom is 0.123 e. The molecule has 1 fully saturated rings. The van der Waals surface area contributed by atoms with Crippen LogP contribution < -0.4 is 10.1 Å². The summed E-state index contributed by atoms with van der Waals surface area (Å²) in [6.45, 7) is 6.68. The van der Waals surface area contributed by atoms with Crippen LogP contribution in [0, 0.1) is 0 Å². The van der Waals surface area contributed by atoms with Crippen LogP contribution in [0.4, 0.5) is 0 Å². The lowest BCUT2D eigenvalue weighted by atomic mass is 10.1. The van der Waals surface area contributed by atoms with Gasteiger partial charge in [-0.05, 0) is 18.6 Å². The van der Waals surface area contributed by atoms with Gasteiger partial charge in [0.1, 0.15) is 11.9 Å². The molecule has 2 aliphatic heterocycles. The van der Waals surface area contributed by atoms with Gasteiger partial charge in [0.25, 0.3) is 0 Å². The van der Waals surface area contributed by atoms with Crippen molar-refractivity contribution < 1.29 is 4.74 Å². The van der Waals surface area contributed by atoms with E-state index in [1.165, 1.54) is 5.56 Å². The molecule has 3 nitrogen and oxygen atoms in total. The molecule has 1 unspecified atom stereocenters. The maximum absolute atomic E-state index is 5.98. The van der Waals surface area contributed by atoms with Gasteiger partial charge in [-0.2, -0.15) is 0 Å². The molecule has 0 bridgehead atoms. The molecule has 0 aliphatic carbocycles. The van der Waals surface area contributed by atoms with Gasteiger partial charge in [-0.15, -0.1) is 0 Å². The zero-order valence-corrected chi connectivity index (χ0v) is 10.4. The van der Waals surface area contributed by atoms with Gasteiger partial charge in [0.15, 0.2) is 0 Å². The zero-order valence-electron chi connectivity index (χ0n) is 10.4. The summed E-state index contributed by atoms with van der Waals surface area (Å²) in [6, 6.07) is 9.00. The Bertz CT molecular complexity index is 369. The average molecular weight is 232 g/mol. The Balaban J connectivity index is 1.58. The molecule has 2 heterocycles. The van der Waals surface area contributed by atoms with Crippen molar-refractivity contribution in [1.29, 1.82) is 0 Å². The van der Waals surface area contributed by atoms with Crippen LogP contribution in [-0.2, 0) is 6.42 Å². The van der Waals surface area contributed by atoms with Crippen LogP contribution in [-0.4, -0.2) is 43.2 Å². The number of fused-ring (bicyclic) bond motifs is 1. The van der Waals surface area contributed by atoms with E-state index in [1.54, 1.807) is 0 Å². The molecule has 2 aliphatic rings. The van der Waals surface area contributed by atoms with Gasteiger partial charge in [-0.1, -0.05) is 18.2 Å². The summed E-state index contributed by atoms with van der Waals surface area (Å²) >= 11 is 0. The molecular weight excluding hydrogens is 212 g/mol. The minimum atomic E-state index is 0.345. The molecule has 1 N–H and O–H groups in total. The van der Waals surface area contributed by atoms with Gasteiger partial charge in [-0.3, -0.25) is 4.90 Å². The van der Waals surface area contributed by atoms with Crippen molar-refractivity contribution in [3.63, 3.8) is 0 Å². The van der Waals surface area contributed by atoms with Crippen LogP contribution in [0.5, 0.6) is 5.75 Å². The molecule has 92 valence electrons. The number of ether oxygens (including phenoxy) is 1. The highest BCUT2D eigenvalue weighted by molar-refractivity contribution is 5.37. The second-order valence-electron chi connectivity index (χ2n) is 5.17. The molecule has 0 amide bonds. The summed E-state index contributed by atoms with van der Waals surface area (Å²) in [4.78, 5) is 2.51. The second-order valence-corrected chi connectivity index (χ2v) is 5.17. The normalized spacial score (nSPS) is 28.8. The molecule has 1 saturated heterocycles. The first-order chi connectivity index (χ1) is 8.31. The van der Waals surface area contributed by atoms with E-state index in [4.69, 9.17) is 4.74 Å². The first-order valence-corrected chi connectivity index (χ1v) is 6.51. The molecule has 0 spiro atoms. The van der Waals surface area contributed by atoms with Crippen molar-refractivity contribution in [3.05, 3.63) is 29.8 Å². The highest BCUT2D eigenvalue weighted by Crippen LogP contribution is 2.28. The molecule has 17 heavy (non-hydrogen) atoms. The van der Waals surface area contributed by atoms with E-state index in [0.717, 1.165) is 38.3 Å². The highest BCUT2D eigenvalue weighted by Gasteiger charge is 2.26. The fraction of sp³-hybridized carbons (Fsp3) is 0.571. The van der Waals surface area contributed by atoms with Crippen molar-refractivity contribution >= 4 is 0 Å². The minimum Gasteiger partial charge on any atom is -0.488 e. The predicted octanol–water partition coefficient (Wildman–Crippen LogP) is 1.28. The number of nitrogens with zero attached hydrogens (tertiary/aromatic N) is 1. The molecule has 0 saturated carbocycles. The number of nitrogens with one attached hydrogen (secondary N) is 1. The van der Waals surface area contributed by atoms with E-state index in [0.29, 0.717) is 12.1 Å². The van der Waals surface area contributed by atoms with Gasteiger partial charge in [-0.25, -0.2) is 0 Å².